The molecule has 12 nitrogen and oxygen atoms in total. The maximum Gasteiger partial charge on any atom is 0.303 e. The topological polar surface area (TPSA) is 124 Å². The van der Waals surface area contributed by atoms with Gasteiger partial charge < -0.3 is 19.1 Å². The molecule has 1 saturated heterocycles. The van der Waals surface area contributed by atoms with Gasteiger partial charge in [-0.1, -0.05) is 38.7 Å². The van der Waals surface area contributed by atoms with Crippen molar-refractivity contribution in [3.05, 3.63) is 53.1 Å². The molecule has 1 aromatic heterocycles. The van der Waals surface area contributed by atoms with Crippen molar-refractivity contribution in [1.82, 2.24) is 28.3 Å². The van der Waals surface area contributed by atoms with Gasteiger partial charge in [0.1, 0.15) is 5.75 Å². The molecule has 2 aliphatic heterocycles. The number of rotatable bonds is 11. The molecule has 0 bridgehead atoms. The Labute approximate surface area is 308 Å². The average molecular weight is 735 g/mol. The van der Waals surface area contributed by atoms with Gasteiger partial charge in [0.15, 0.2) is 0 Å². The van der Waals surface area contributed by atoms with E-state index in [1.807, 2.05) is 30.1 Å². The normalized spacial score (nSPS) is 20.4. The first-order chi connectivity index (χ1) is 24.7. The van der Waals surface area contributed by atoms with Crippen molar-refractivity contribution in [1.29, 1.82) is 0 Å². The fourth-order valence-electron chi connectivity index (χ4n) is 8.72. The van der Waals surface area contributed by atoms with E-state index in [0.717, 1.165) is 77.1 Å². The summed E-state index contributed by atoms with van der Waals surface area (Å²) in [5.41, 5.74) is 4.13. The largest absolute Gasteiger partial charge is 0.497 e. The summed E-state index contributed by atoms with van der Waals surface area (Å²) in [7, 11) is 5.84. The monoisotopic (exact) mass is 734 g/mol. The van der Waals surface area contributed by atoms with E-state index in [2.05, 4.69) is 27.2 Å². The van der Waals surface area contributed by atoms with Crippen molar-refractivity contribution >= 4 is 38.8 Å². The van der Waals surface area contributed by atoms with E-state index in [-0.39, 0.29) is 48.8 Å². The van der Waals surface area contributed by atoms with Gasteiger partial charge in [-0.05, 0) is 80.2 Å². The van der Waals surface area contributed by atoms with Crippen LogP contribution in [0.5, 0.6) is 5.75 Å². The van der Waals surface area contributed by atoms with Crippen LogP contribution in [0.25, 0.3) is 22.2 Å². The second-order valence-electron chi connectivity index (χ2n) is 15.4. The Balaban J connectivity index is 1.59. The summed E-state index contributed by atoms with van der Waals surface area (Å²) < 4.78 is 36.5. The van der Waals surface area contributed by atoms with Gasteiger partial charge in [0.2, 0.25) is 11.8 Å². The number of hydrogen-bond donors (Lipinski definition) is 1. The molecular formula is C39H54N6O6S. The van der Waals surface area contributed by atoms with E-state index < -0.39 is 21.5 Å². The standard InChI is InChI=1S/C39H54N6O6S/c1-8-9-19-43(6)23-34(46)44-22-32-31-21-28(51-7)16-18-29(31)36-35(26-13-11-10-12-14-26)30-17-15-27(37(47)40-52(49,50)42(4)5)20-33(30)45(36)25-39(32,24-44)38(48)41(2)3/h15-18,20-21,26,32H,8-14,19,22-25H2,1-7H3,(H,40,47). The molecule has 2 unspecified atom stereocenters. The lowest BCUT2D eigenvalue weighted by atomic mass is 9.72. The first-order valence-electron chi connectivity index (χ1n) is 18.5. The highest BCUT2D eigenvalue weighted by atomic mass is 32.2. The van der Waals surface area contributed by atoms with Gasteiger partial charge in [-0.2, -0.15) is 12.7 Å². The number of likely N-dealkylation sites (N-methyl/N-ethyl adjacent to an activating group) is 1. The fourth-order valence-corrected chi connectivity index (χ4v) is 9.26. The molecule has 282 valence electrons. The minimum absolute atomic E-state index is 0.0106. The van der Waals surface area contributed by atoms with Crippen molar-refractivity contribution in [3.8, 4) is 17.0 Å². The van der Waals surface area contributed by atoms with E-state index >= 15 is 0 Å². The van der Waals surface area contributed by atoms with Gasteiger partial charge in [-0.3, -0.25) is 19.3 Å². The molecule has 1 saturated carbocycles. The van der Waals surface area contributed by atoms with E-state index in [0.29, 0.717) is 12.3 Å². The minimum atomic E-state index is -4.03. The highest BCUT2D eigenvalue weighted by Crippen LogP contribution is 2.55. The van der Waals surface area contributed by atoms with Gasteiger partial charge in [0.25, 0.3) is 5.91 Å². The van der Waals surface area contributed by atoms with Crippen LogP contribution in [0.1, 0.15) is 85.2 Å². The van der Waals surface area contributed by atoms with Gasteiger partial charge >= 0.3 is 10.2 Å². The van der Waals surface area contributed by atoms with Gasteiger partial charge in [0.05, 0.1) is 24.8 Å². The molecule has 2 atom stereocenters. The molecule has 6 rings (SSSR count). The molecule has 0 spiro atoms. The highest BCUT2D eigenvalue weighted by molar-refractivity contribution is 7.87. The Bertz CT molecular complexity index is 1970. The van der Waals surface area contributed by atoms with Crippen molar-refractivity contribution in [3.63, 3.8) is 0 Å². The Morgan fingerprint density at radius 3 is 2.37 bits per heavy atom. The average Bonchev–Trinajstić information content (AvgIpc) is 3.63. The van der Waals surface area contributed by atoms with Crippen LogP contribution in [0, 0.1) is 5.41 Å². The summed E-state index contributed by atoms with van der Waals surface area (Å²) in [6, 6.07) is 11.5. The number of nitrogens with one attached hydrogen (secondary N) is 1. The summed E-state index contributed by atoms with van der Waals surface area (Å²) in [6.45, 7) is 4.12. The number of likely N-dealkylation sites (tertiary alicyclic amines) is 1. The second-order valence-corrected chi connectivity index (χ2v) is 17.2. The zero-order chi connectivity index (χ0) is 37.5. The summed E-state index contributed by atoms with van der Waals surface area (Å²) in [6.07, 6.45) is 7.50. The predicted molar refractivity (Wildman–Crippen MR) is 203 cm³/mol. The van der Waals surface area contributed by atoms with Crippen LogP contribution in [-0.2, 0) is 26.3 Å². The number of nitrogens with zero attached hydrogens (tertiary/aromatic N) is 5. The van der Waals surface area contributed by atoms with E-state index in [1.165, 1.54) is 26.1 Å². The van der Waals surface area contributed by atoms with Crippen molar-refractivity contribution < 1.29 is 27.5 Å². The number of unbranched alkanes of at least 4 members (excludes halogenated alkanes) is 1. The first-order valence-corrected chi connectivity index (χ1v) is 19.9. The highest BCUT2D eigenvalue weighted by Gasteiger charge is 2.57. The Morgan fingerprint density at radius 1 is 0.981 bits per heavy atom. The lowest BCUT2D eigenvalue weighted by Gasteiger charge is -2.35. The lowest BCUT2D eigenvalue weighted by molar-refractivity contribution is -0.141. The van der Waals surface area contributed by atoms with Gasteiger partial charge in [-0.25, -0.2) is 4.72 Å². The summed E-state index contributed by atoms with van der Waals surface area (Å²) in [5, 5.41) is 0.991. The number of ether oxygens (including phenoxy) is 1. The van der Waals surface area contributed by atoms with Crippen LogP contribution >= 0.6 is 0 Å². The third kappa shape index (κ3) is 6.82. The molecule has 1 N–H and O–H groups in total. The molecule has 0 radical (unpaired) electrons. The van der Waals surface area contributed by atoms with Crippen molar-refractivity contribution in [2.45, 2.75) is 70.3 Å². The summed E-state index contributed by atoms with van der Waals surface area (Å²) in [5.74, 6) is -0.191. The molecule has 2 fully saturated rings. The molecule has 52 heavy (non-hydrogen) atoms. The second kappa shape index (κ2) is 14.8. The maximum absolute atomic E-state index is 14.8. The van der Waals surface area contributed by atoms with Crippen LogP contribution in [0.3, 0.4) is 0 Å². The number of aromatic nitrogens is 1. The zero-order valence-corrected chi connectivity index (χ0v) is 32.5. The van der Waals surface area contributed by atoms with Crippen LogP contribution in [0.15, 0.2) is 36.4 Å². The molecule has 3 amide bonds. The quantitative estimate of drug-likeness (QED) is 0.304. The van der Waals surface area contributed by atoms with Crippen LogP contribution < -0.4 is 9.46 Å². The third-order valence-corrected chi connectivity index (χ3v) is 12.8. The molecule has 1 aliphatic carbocycles. The van der Waals surface area contributed by atoms with E-state index in [4.69, 9.17) is 4.74 Å². The first kappa shape index (κ1) is 37.8. The molecule has 3 aromatic rings. The number of amides is 3. The zero-order valence-electron chi connectivity index (χ0n) is 31.7. The summed E-state index contributed by atoms with van der Waals surface area (Å²) in [4.78, 5) is 47.8. The smallest absolute Gasteiger partial charge is 0.303 e. The number of methoxy groups -OCH3 is 1. The number of fused-ring (bicyclic) bond motifs is 7. The van der Waals surface area contributed by atoms with Gasteiger partial charge in [-0.15, -0.1) is 0 Å². The van der Waals surface area contributed by atoms with E-state index in [9.17, 15) is 22.8 Å². The molecule has 3 aliphatic rings. The third-order valence-electron chi connectivity index (χ3n) is 11.4. The molecular weight excluding hydrogens is 681 g/mol. The van der Waals surface area contributed by atoms with Gasteiger partial charge in [0, 0.05) is 75.8 Å². The number of benzene rings is 2. The SMILES string of the molecule is CCCCN(C)CC(=O)N1CC2c3cc(OC)ccc3-c3c(C4CCCCC4)c4ccc(C(=O)NS(=O)(=O)N(C)C)cc4n3CC2(C(=O)N(C)C)C1. The fraction of sp³-hybridized carbons (Fsp3) is 0.564. The maximum atomic E-state index is 14.8. The molecule has 2 aromatic carbocycles. The number of carbonyl (C=O) groups excluding carboxylic acids is 3. The lowest BCUT2D eigenvalue weighted by Crippen LogP contribution is -2.48. The Hall–Kier alpha value is -3.94. The summed E-state index contributed by atoms with van der Waals surface area (Å²) >= 11 is 0. The van der Waals surface area contributed by atoms with E-state index in [1.54, 1.807) is 38.2 Å². The van der Waals surface area contributed by atoms with Crippen molar-refractivity contribution in [2.24, 2.45) is 5.41 Å². The predicted octanol–water partition coefficient (Wildman–Crippen LogP) is 4.65. The molecule has 13 heteroatoms. The van der Waals surface area contributed by atoms with Crippen molar-refractivity contribution in [2.75, 3.05) is 68.5 Å². The number of carbonyl (C=O) groups is 3. The Morgan fingerprint density at radius 2 is 1.71 bits per heavy atom. The minimum Gasteiger partial charge on any atom is -0.497 e. The van der Waals surface area contributed by atoms with Crippen LogP contribution in [0.2, 0.25) is 0 Å². The van der Waals surface area contributed by atoms with Crippen LogP contribution in [-0.4, -0.2) is 118 Å². The Kier molecular flexibility index (Phi) is 10.8. The number of hydrogen-bond acceptors (Lipinski definition) is 7. The van der Waals surface area contributed by atoms with Crippen LogP contribution in [0.4, 0.5) is 0 Å². The molecule has 3 heterocycles.